The Morgan fingerprint density at radius 1 is 0.907 bits per heavy atom. The van der Waals surface area contributed by atoms with Crippen molar-refractivity contribution in [2.45, 2.75) is 38.8 Å². The number of benzene rings is 2. The highest BCUT2D eigenvalue weighted by atomic mass is 19.1. The van der Waals surface area contributed by atoms with Crippen molar-refractivity contribution in [3.63, 3.8) is 0 Å². The quantitative estimate of drug-likeness (QED) is 0.145. The summed E-state index contributed by atoms with van der Waals surface area (Å²) >= 11 is 0. The van der Waals surface area contributed by atoms with Crippen molar-refractivity contribution in [2.75, 3.05) is 52.5 Å². The maximum Gasteiger partial charge on any atom is 0.201 e. The lowest BCUT2D eigenvalue weighted by Gasteiger charge is -2.23. The number of carbonyl (C=O) groups excluding carboxylic acids is 1. The summed E-state index contributed by atoms with van der Waals surface area (Å²) in [5.74, 6) is 0.574. The zero-order valence-corrected chi connectivity index (χ0v) is 30.4. The number of ether oxygens (including phenoxy) is 5. The van der Waals surface area contributed by atoms with E-state index in [-0.39, 0.29) is 29.5 Å². The minimum absolute atomic E-state index is 0.0377. The lowest BCUT2D eigenvalue weighted by molar-refractivity contribution is -0.101. The van der Waals surface area contributed by atoms with Crippen LogP contribution in [0.1, 0.15) is 34.3 Å². The highest BCUT2D eigenvalue weighted by Crippen LogP contribution is 2.36. The van der Waals surface area contributed by atoms with Crippen LogP contribution >= 0.6 is 0 Å². The Morgan fingerprint density at radius 3 is 2.50 bits per heavy atom. The number of methoxy groups -OCH3 is 1. The molecule has 2 aliphatic rings. The fourth-order valence-electron chi connectivity index (χ4n) is 6.77. The number of rotatable bonds is 12. The Balaban J connectivity index is 1.12. The van der Waals surface area contributed by atoms with Crippen molar-refractivity contribution >= 4 is 11.6 Å². The molecule has 0 spiro atoms. The van der Waals surface area contributed by atoms with Crippen LogP contribution in [-0.2, 0) is 27.2 Å². The standard InChI is InChI=1S/C42H43FN4O7/c1-26-3-7-37(45-19-26)34-22-47(21-27-9-11-51-12-10-27)23-35(41(34)49)38(48)16-28-4-6-32(36(43)15-28)33-17-30(20-46-42(33)44)29-5-8-39(40(18-29)50-2)54-25-31-24-52-13-14-53-31/h3-8,15,17-20,22-23,27,31H,9-14,16,21,24-25H2,1-2H3,(H2,44,46). The van der Waals surface area contributed by atoms with Gasteiger partial charge in [0.25, 0.3) is 0 Å². The fourth-order valence-corrected chi connectivity index (χ4v) is 6.77. The SMILES string of the molecule is COc1cc(-c2cnc(N)c(-c3ccc(CC(=O)c4cn(CC5CCOCC5)cc(-c5ccc(C)cn5)c4=O)cc3F)c2)ccc1OCC1COCCO1. The summed E-state index contributed by atoms with van der Waals surface area (Å²) in [5.41, 5.74) is 10.2. The molecule has 11 nitrogen and oxygen atoms in total. The molecule has 5 aromatic rings. The second kappa shape index (κ2) is 16.7. The van der Waals surface area contributed by atoms with Crippen molar-refractivity contribution < 1.29 is 32.9 Å². The van der Waals surface area contributed by atoms with E-state index in [0.29, 0.717) is 91.6 Å². The largest absolute Gasteiger partial charge is 0.493 e. The molecule has 54 heavy (non-hydrogen) atoms. The summed E-state index contributed by atoms with van der Waals surface area (Å²) in [6.45, 7) is 5.80. The van der Waals surface area contributed by atoms with Gasteiger partial charge in [0.2, 0.25) is 5.43 Å². The van der Waals surface area contributed by atoms with E-state index >= 15 is 4.39 Å². The molecule has 2 N–H and O–H groups in total. The lowest BCUT2D eigenvalue weighted by Crippen LogP contribution is -2.33. The first-order valence-corrected chi connectivity index (χ1v) is 18.1. The molecular weight excluding hydrogens is 691 g/mol. The number of pyridine rings is 3. The van der Waals surface area contributed by atoms with Crippen LogP contribution in [-0.4, -0.2) is 73.2 Å². The van der Waals surface area contributed by atoms with Crippen LogP contribution in [0.2, 0.25) is 0 Å². The van der Waals surface area contributed by atoms with E-state index in [1.165, 1.54) is 6.07 Å². The van der Waals surface area contributed by atoms with E-state index in [0.717, 1.165) is 24.0 Å². The van der Waals surface area contributed by atoms with Crippen LogP contribution in [0.3, 0.4) is 0 Å². The van der Waals surface area contributed by atoms with Crippen LogP contribution in [0.5, 0.6) is 11.5 Å². The van der Waals surface area contributed by atoms with Gasteiger partial charge >= 0.3 is 0 Å². The smallest absolute Gasteiger partial charge is 0.201 e. The number of aryl methyl sites for hydroxylation is 1. The first-order chi connectivity index (χ1) is 26.2. The van der Waals surface area contributed by atoms with Crippen molar-refractivity contribution in [3.8, 4) is 45.0 Å². The van der Waals surface area contributed by atoms with Crippen LogP contribution in [0.15, 0.2) is 84.2 Å². The van der Waals surface area contributed by atoms with E-state index in [4.69, 9.17) is 29.4 Å². The molecule has 2 aromatic carbocycles. The van der Waals surface area contributed by atoms with Crippen LogP contribution in [0.4, 0.5) is 10.2 Å². The number of nitrogens with zero attached hydrogens (tertiary/aromatic N) is 3. The van der Waals surface area contributed by atoms with E-state index in [2.05, 4.69) is 9.97 Å². The molecule has 1 atom stereocenters. The van der Waals surface area contributed by atoms with Crippen LogP contribution in [0.25, 0.3) is 33.5 Å². The summed E-state index contributed by atoms with van der Waals surface area (Å²) in [6.07, 6.45) is 8.15. The van der Waals surface area contributed by atoms with Crippen molar-refractivity contribution in [1.82, 2.24) is 14.5 Å². The van der Waals surface area contributed by atoms with Crippen molar-refractivity contribution in [2.24, 2.45) is 5.92 Å². The van der Waals surface area contributed by atoms with Crippen LogP contribution in [0, 0.1) is 18.7 Å². The topological polar surface area (TPSA) is 137 Å². The van der Waals surface area contributed by atoms with Crippen LogP contribution < -0.4 is 20.6 Å². The second-order valence-electron chi connectivity index (χ2n) is 13.7. The maximum atomic E-state index is 15.9. The first kappa shape index (κ1) is 36.9. The molecule has 12 heteroatoms. The molecule has 0 saturated carbocycles. The summed E-state index contributed by atoms with van der Waals surface area (Å²) in [6, 6.07) is 15.5. The Morgan fingerprint density at radius 2 is 1.76 bits per heavy atom. The third-order valence-electron chi connectivity index (χ3n) is 9.79. The van der Waals surface area contributed by atoms with Gasteiger partial charge in [-0.2, -0.15) is 0 Å². The van der Waals surface area contributed by atoms with Gasteiger partial charge in [0.15, 0.2) is 17.3 Å². The zero-order chi connectivity index (χ0) is 37.6. The maximum absolute atomic E-state index is 15.9. The van der Waals surface area contributed by atoms with Gasteiger partial charge < -0.3 is 34.0 Å². The molecule has 2 fully saturated rings. The number of carbonyl (C=O) groups is 1. The monoisotopic (exact) mass is 734 g/mol. The molecule has 1 unspecified atom stereocenters. The molecule has 3 aromatic heterocycles. The highest BCUT2D eigenvalue weighted by molar-refractivity contribution is 5.98. The molecule has 0 aliphatic carbocycles. The van der Waals surface area contributed by atoms with Gasteiger partial charge in [-0.15, -0.1) is 0 Å². The number of anilines is 1. The first-order valence-electron chi connectivity index (χ1n) is 18.1. The molecule has 0 radical (unpaired) electrons. The number of hydrogen-bond donors (Lipinski definition) is 1. The van der Waals surface area contributed by atoms with Crippen molar-refractivity contribution in [3.05, 3.63) is 112 Å². The van der Waals surface area contributed by atoms with Gasteiger partial charge in [-0.3, -0.25) is 14.6 Å². The van der Waals surface area contributed by atoms with E-state index in [9.17, 15) is 9.59 Å². The summed E-state index contributed by atoms with van der Waals surface area (Å²) in [4.78, 5) is 36.4. The molecular formula is C42H43FN4O7. The molecule has 2 aliphatic heterocycles. The number of Topliss-reactive ketones (excluding diaryl/α,β-unsaturated/α-hetero) is 1. The number of aromatic nitrogens is 3. The average molecular weight is 735 g/mol. The number of halogens is 1. The second-order valence-corrected chi connectivity index (χ2v) is 13.7. The normalized spacial score (nSPS) is 16.2. The molecule has 280 valence electrons. The third-order valence-corrected chi connectivity index (χ3v) is 9.79. The molecule has 0 bridgehead atoms. The summed E-state index contributed by atoms with van der Waals surface area (Å²) in [5, 5.41) is 0. The van der Waals surface area contributed by atoms with Gasteiger partial charge in [-0.1, -0.05) is 24.3 Å². The van der Waals surface area contributed by atoms with Gasteiger partial charge in [-0.25, -0.2) is 9.37 Å². The molecule has 2 saturated heterocycles. The summed E-state index contributed by atoms with van der Waals surface area (Å²) in [7, 11) is 1.56. The Hall–Kier alpha value is -5.43. The van der Waals surface area contributed by atoms with E-state index in [1.54, 1.807) is 62.2 Å². The van der Waals surface area contributed by atoms with E-state index in [1.807, 2.05) is 29.7 Å². The van der Waals surface area contributed by atoms with Gasteiger partial charge in [-0.05, 0) is 72.7 Å². The number of ketones is 1. The Kier molecular flexibility index (Phi) is 11.4. The number of nitrogens with two attached hydrogens (primary N) is 1. The average Bonchev–Trinajstić information content (AvgIpc) is 3.19. The Labute approximate surface area is 312 Å². The highest BCUT2D eigenvalue weighted by Gasteiger charge is 2.22. The minimum Gasteiger partial charge on any atom is -0.493 e. The van der Waals surface area contributed by atoms with E-state index < -0.39 is 17.0 Å². The van der Waals surface area contributed by atoms with Gasteiger partial charge in [0.1, 0.15) is 24.3 Å². The molecule has 7 rings (SSSR count). The Bertz CT molecular complexity index is 2180. The minimum atomic E-state index is -0.573. The van der Waals surface area contributed by atoms with Gasteiger partial charge in [0.05, 0.1) is 43.8 Å². The van der Waals surface area contributed by atoms with Gasteiger partial charge in [0, 0.05) is 67.7 Å². The number of nitrogen functional groups attached to an aromatic ring is 1. The predicted octanol–water partition coefficient (Wildman–Crippen LogP) is 6.32. The fraction of sp³-hybridized carbons (Fsp3) is 0.333. The van der Waals surface area contributed by atoms with Crippen molar-refractivity contribution in [1.29, 1.82) is 0 Å². The lowest BCUT2D eigenvalue weighted by atomic mass is 9.96. The number of hydrogen-bond acceptors (Lipinski definition) is 10. The molecule has 5 heterocycles. The molecule has 0 amide bonds. The zero-order valence-electron chi connectivity index (χ0n) is 30.4. The third kappa shape index (κ3) is 8.52. The summed E-state index contributed by atoms with van der Waals surface area (Å²) < 4.78 is 46.0. The predicted molar refractivity (Wildman–Crippen MR) is 202 cm³/mol.